The Balaban J connectivity index is 2.06. The summed E-state index contributed by atoms with van der Waals surface area (Å²) in [6.07, 6.45) is 3.37. The summed E-state index contributed by atoms with van der Waals surface area (Å²) in [5.41, 5.74) is 0.543. The Morgan fingerprint density at radius 2 is 1.89 bits per heavy atom. The molecule has 1 aliphatic rings. The molecular weight excluding hydrogens is 326 g/mol. The van der Waals surface area contributed by atoms with Crippen molar-refractivity contribution in [3.8, 4) is 0 Å². The van der Waals surface area contributed by atoms with Crippen LogP contribution in [-0.2, 0) is 0 Å². The molecule has 2 unspecified atom stereocenters. The van der Waals surface area contributed by atoms with Crippen LogP contribution in [0.5, 0.6) is 0 Å². The molecule has 2 nitrogen and oxygen atoms in total. The normalized spacial score (nSPS) is 27.1. The highest BCUT2D eigenvalue weighted by Gasteiger charge is 2.25. The number of hydrogen-bond donors (Lipinski definition) is 1. The molecule has 1 aromatic carbocycles. The van der Waals surface area contributed by atoms with Crippen molar-refractivity contribution in [1.82, 2.24) is 5.32 Å². The third-order valence-electron chi connectivity index (χ3n) is 3.69. The highest BCUT2D eigenvalue weighted by Crippen LogP contribution is 2.29. The molecule has 1 N–H and O–H groups in total. The van der Waals surface area contributed by atoms with Crippen LogP contribution in [0.25, 0.3) is 0 Å². The molecule has 0 aromatic heterocycles. The van der Waals surface area contributed by atoms with E-state index in [0.29, 0.717) is 22.4 Å². The molecule has 0 aliphatic heterocycles. The Bertz CT molecular complexity index is 467. The van der Waals surface area contributed by atoms with E-state index in [0.717, 1.165) is 17.3 Å². The largest absolute Gasteiger partial charge is 0.349 e. The molecule has 2 rings (SSSR count). The predicted molar refractivity (Wildman–Crippen MR) is 82.6 cm³/mol. The summed E-state index contributed by atoms with van der Waals surface area (Å²) in [5, 5.41) is 3.62. The number of nitrogens with one attached hydrogen (secondary N) is 1. The molecular formula is C15H19BrClNO. The van der Waals surface area contributed by atoms with Gasteiger partial charge in [0, 0.05) is 10.5 Å². The molecule has 0 heterocycles. The van der Waals surface area contributed by atoms with Gasteiger partial charge in [-0.05, 0) is 49.3 Å². The lowest BCUT2D eigenvalue weighted by atomic mass is 9.80. The van der Waals surface area contributed by atoms with Crippen molar-refractivity contribution in [2.45, 2.75) is 39.2 Å². The quantitative estimate of drug-likeness (QED) is 0.831. The molecule has 0 radical (unpaired) electrons. The van der Waals surface area contributed by atoms with E-state index in [2.05, 4.69) is 35.1 Å². The molecule has 19 heavy (non-hydrogen) atoms. The molecule has 1 aliphatic carbocycles. The summed E-state index contributed by atoms with van der Waals surface area (Å²) >= 11 is 9.45. The smallest absolute Gasteiger partial charge is 0.253 e. The first-order valence-electron chi connectivity index (χ1n) is 6.71. The van der Waals surface area contributed by atoms with Crippen LogP contribution in [0, 0.1) is 11.8 Å². The average molecular weight is 345 g/mol. The van der Waals surface area contributed by atoms with E-state index in [9.17, 15) is 4.79 Å². The lowest BCUT2D eigenvalue weighted by Crippen LogP contribution is -2.40. The molecule has 0 spiro atoms. The Hall–Kier alpha value is -0.540. The SMILES string of the molecule is CC1CC(C)CC(NC(=O)c2cc(Br)ccc2Cl)C1. The van der Waals surface area contributed by atoms with E-state index in [-0.39, 0.29) is 11.9 Å². The fourth-order valence-electron chi connectivity index (χ4n) is 3.00. The zero-order valence-electron chi connectivity index (χ0n) is 11.2. The van der Waals surface area contributed by atoms with Crippen molar-refractivity contribution in [3.05, 3.63) is 33.3 Å². The Labute approximate surface area is 128 Å². The minimum Gasteiger partial charge on any atom is -0.349 e. The second-order valence-corrected chi connectivity index (χ2v) is 7.03. The van der Waals surface area contributed by atoms with Crippen LogP contribution in [0.1, 0.15) is 43.5 Å². The van der Waals surface area contributed by atoms with Crippen LogP contribution in [0.3, 0.4) is 0 Å². The van der Waals surface area contributed by atoms with Crippen molar-refractivity contribution in [3.63, 3.8) is 0 Å². The van der Waals surface area contributed by atoms with Gasteiger partial charge in [-0.2, -0.15) is 0 Å². The molecule has 4 heteroatoms. The summed E-state index contributed by atoms with van der Waals surface area (Å²) in [7, 11) is 0. The van der Waals surface area contributed by atoms with Gasteiger partial charge in [0.05, 0.1) is 10.6 Å². The maximum absolute atomic E-state index is 12.3. The van der Waals surface area contributed by atoms with Crippen LogP contribution in [0.4, 0.5) is 0 Å². The number of amides is 1. The van der Waals surface area contributed by atoms with Crippen LogP contribution >= 0.6 is 27.5 Å². The van der Waals surface area contributed by atoms with Crippen LogP contribution in [0.2, 0.25) is 5.02 Å². The van der Waals surface area contributed by atoms with Crippen molar-refractivity contribution >= 4 is 33.4 Å². The molecule has 104 valence electrons. The van der Waals surface area contributed by atoms with Gasteiger partial charge < -0.3 is 5.32 Å². The Kier molecular flexibility index (Phi) is 4.91. The van der Waals surface area contributed by atoms with Gasteiger partial charge in [0.15, 0.2) is 0 Å². The number of halogens is 2. The summed E-state index contributed by atoms with van der Waals surface area (Å²) < 4.78 is 0.868. The third-order valence-corrected chi connectivity index (χ3v) is 4.51. The van der Waals surface area contributed by atoms with Crippen molar-refractivity contribution in [2.24, 2.45) is 11.8 Å². The number of benzene rings is 1. The zero-order chi connectivity index (χ0) is 14.0. The van der Waals surface area contributed by atoms with E-state index >= 15 is 0 Å². The Morgan fingerprint density at radius 1 is 1.26 bits per heavy atom. The van der Waals surface area contributed by atoms with Crippen LogP contribution in [-0.4, -0.2) is 11.9 Å². The van der Waals surface area contributed by atoms with Crippen molar-refractivity contribution in [2.75, 3.05) is 0 Å². The average Bonchev–Trinajstić information content (AvgIpc) is 2.30. The fourth-order valence-corrected chi connectivity index (χ4v) is 3.56. The van der Waals surface area contributed by atoms with Gasteiger partial charge in [0.1, 0.15) is 0 Å². The van der Waals surface area contributed by atoms with E-state index in [1.807, 2.05) is 6.07 Å². The van der Waals surface area contributed by atoms with Gasteiger partial charge in [0.25, 0.3) is 5.91 Å². The van der Waals surface area contributed by atoms with Crippen molar-refractivity contribution < 1.29 is 4.79 Å². The standard InChI is InChI=1S/C15H19BrClNO/c1-9-5-10(2)7-12(6-9)18-15(19)13-8-11(16)3-4-14(13)17/h3-4,8-10,12H,5-7H2,1-2H3,(H,18,19). The number of carbonyl (C=O) groups is 1. The minimum atomic E-state index is -0.0717. The van der Waals surface area contributed by atoms with E-state index in [1.54, 1.807) is 12.1 Å². The summed E-state index contributed by atoms with van der Waals surface area (Å²) in [5.74, 6) is 1.27. The van der Waals surface area contributed by atoms with E-state index in [1.165, 1.54) is 6.42 Å². The second-order valence-electron chi connectivity index (χ2n) is 5.71. The lowest BCUT2D eigenvalue weighted by Gasteiger charge is -2.32. The monoisotopic (exact) mass is 343 g/mol. The number of hydrogen-bond acceptors (Lipinski definition) is 1. The van der Waals surface area contributed by atoms with Crippen LogP contribution < -0.4 is 5.32 Å². The summed E-state index contributed by atoms with van der Waals surface area (Å²) in [6, 6.07) is 5.62. The first kappa shape index (κ1) is 14.9. The molecule has 1 saturated carbocycles. The molecule has 1 amide bonds. The summed E-state index contributed by atoms with van der Waals surface area (Å²) in [6.45, 7) is 4.50. The maximum atomic E-state index is 12.3. The van der Waals surface area contributed by atoms with Gasteiger partial charge in [0.2, 0.25) is 0 Å². The van der Waals surface area contributed by atoms with Gasteiger partial charge in [-0.25, -0.2) is 0 Å². The van der Waals surface area contributed by atoms with Gasteiger partial charge >= 0.3 is 0 Å². The van der Waals surface area contributed by atoms with Crippen LogP contribution in [0.15, 0.2) is 22.7 Å². The van der Waals surface area contributed by atoms with Crippen molar-refractivity contribution in [1.29, 1.82) is 0 Å². The maximum Gasteiger partial charge on any atom is 0.253 e. The molecule has 0 saturated heterocycles. The molecule has 0 bridgehead atoms. The summed E-state index contributed by atoms with van der Waals surface area (Å²) in [4.78, 5) is 12.3. The zero-order valence-corrected chi connectivity index (χ0v) is 13.6. The number of rotatable bonds is 2. The molecule has 1 aromatic rings. The Morgan fingerprint density at radius 3 is 2.53 bits per heavy atom. The van der Waals surface area contributed by atoms with Gasteiger partial charge in [-0.1, -0.05) is 41.4 Å². The van der Waals surface area contributed by atoms with Gasteiger partial charge in [-0.15, -0.1) is 0 Å². The fraction of sp³-hybridized carbons (Fsp3) is 0.533. The van der Waals surface area contributed by atoms with Gasteiger partial charge in [-0.3, -0.25) is 4.79 Å². The predicted octanol–water partition coefficient (Wildman–Crippen LogP) is 4.66. The molecule has 1 fully saturated rings. The topological polar surface area (TPSA) is 29.1 Å². The highest BCUT2D eigenvalue weighted by molar-refractivity contribution is 9.10. The van der Waals surface area contributed by atoms with E-state index < -0.39 is 0 Å². The second kappa shape index (κ2) is 6.27. The van der Waals surface area contributed by atoms with E-state index in [4.69, 9.17) is 11.6 Å². The third kappa shape index (κ3) is 3.96. The first-order valence-corrected chi connectivity index (χ1v) is 7.88. The molecule has 2 atom stereocenters. The first-order chi connectivity index (χ1) is 8.95. The number of carbonyl (C=O) groups excluding carboxylic acids is 1. The lowest BCUT2D eigenvalue weighted by molar-refractivity contribution is 0.0911. The highest BCUT2D eigenvalue weighted by atomic mass is 79.9. The minimum absolute atomic E-state index is 0.0717.